The quantitative estimate of drug-likeness (QED) is 0.790. The molecule has 5 heteroatoms. The van der Waals surface area contributed by atoms with Gasteiger partial charge in [0.2, 0.25) is 5.91 Å². The maximum atomic E-state index is 11.7. The van der Waals surface area contributed by atoms with Crippen molar-refractivity contribution in [3.8, 4) is 0 Å². The van der Waals surface area contributed by atoms with Gasteiger partial charge in [0, 0.05) is 13.1 Å². The van der Waals surface area contributed by atoms with E-state index in [0.29, 0.717) is 17.0 Å². The summed E-state index contributed by atoms with van der Waals surface area (Å²) in [6.45, 7) is 3.23. The van der Waals surface area contributed by atoms with Gasteiger partial charge in [-0.05, 0) is 35.0 Å². The number of nitrogens with one attached hydrogen (secondary N) is 2. The number of rotatable bonds is 1. The van der Waals surface area contributed by atoms with Crippen LogP contribution in [0, 0.1) is 0 Å². The van der Waals surface area contributed by atoms with Gasteiger partial charge in [0.25, 0.3) is 0 Å². The van der Waals surface area contributed by atoms with Crippen LogP contribution in [0.15, 0.2) is 21.2 Å². The summed E-state index contributed by atoms with van der Waals surface area (Å²) in [5.74, 6) is 0.576. The third kappa shape index (κ3) is 1.46. The molecular formula is C9H11BrN2O2. The highest BCUT2D eigenvalue weighted by molar-refractivity contribution is 9.10. The van der Waals surface area contributed by atoms with Gasteiger partial charge in [-0.25, -0.2) is 0 Å². The highest BCUT2D eigenvalue weighted by Crippen LogP contribution is 2.26. The van der Waals surface area contributed by atoms with Crippen LogP contribution in [-0.2, 0) is 10.3 Å². The molecule has 0 radical (unpaired) electrons. The molecule has 76 valence electrons. The molecule has 1 aliphatic heterocycles. The van der Waals surface area contributed by atoms with Crippen molar-refractivity contribution in [3.63, 3.8) is 0 Å². The number of amides is 1. The second-order valence-corrected chi connectivity index (χ2v) is 4.19. The fourth-order valence-electron chi connectivity index (χ4n) is 1.53. The lowest BCUT2D eigenvalue weighted by Crippen LogP contribution is -2.59. The predicted octanol–water partition coefficient (Wildman–Crippen LogP) is 0.977. The Morgan fingerprint density at radius 1 is 1.50 bits per heavy atom. The highest BCUT2D eigenvalue weighted by Gasteiger charge is 2.39. The number of carbonyl (C=O) groups is 1. The normalized spacial score (nSPS) is 27.4. The second-order valence-electron chi connectivity index (χ2n) is 3.41. The molecule has 2 N–H and O–H groups in total. The van der Waals surface area contributed by atoms with Crippen molar-refractivity contribution in [3.05, 3.63) is 22.6 Å². The van der Waals surface area contributed by atoms with Crippen LogP contribution in [-0.4, -0.2) is 19.0 Å². The lowest BCUT2D eigenvalue weighted by molar-refractivity contribution is -0.129. The Kier molecular flexibility index (Phi) is 2.36. The molecule has 1 fully saturated rings. The first kappa shape index (κ1) is 9.73. The highest BCUT2D eigenvalue weighted by atomic mass is 79.9. The Hall–Kier alpha value is -0.810. The Morgan fingerprint density at radius 3 is 2.86 bits per heavy atom. The summed E-state index contributed by atoms with van der Waals surface area (Å²) < 4.78 is 6.02. The summed E-state index contributed by atoms with van der Waals surface area (Å²) >= 11 is 3.22. The van der Waals surface area contributed by atoms with Crippen LogP contribution in [0.2, 0.25) is 0 Å². The third-order valence-electron chi connectivity index (χ3n) is 2.41. The molecule has 0 aliphatic carbocycles. The van der Waals surface area contributed by atoms with Crippen molar-refractivity contribution < 1.29 is 9.21 Å². The molecule has 1 saturated heterocycles. The first-order chi connectivity index (χ1) is 6.63. The van der Waals surface area contributed by atoms with Crippen LogP contribution < -0.4 is 10.6 Å². The molecule has 1 aliphatic rings. The standard InChI is InChI=1S/C9H11BrN2O2/c1-9(6-2-3-7(10)14-6)8(13)11-4-5-12-9/h2-3,12H,4-5H2,1H3,(H,11,13). The predicted molar refractivity (Wildman–Crippen MR) is 54.8 cm³/mol. The van der Waals surface area contributed by atoms with Gasteiger partial charge in [-0.3, -0.25) is 10.1 Å². The van der Waals surface area contributed by atoms with Crippen molar-refractivity contribution in [2.45, 2.75) is 12.5 Å². The molecule has 2 rings (SSSR count). The van der Waals surface area contributed by atoms with E-state index in [1.807, 2.05) is 6.92 Å². The topological polar surface area (TPSA) is 54.3 Å². The van der Waals surface area contributed by atoms with Crippen LogP contribution in [0.5, 0.6) is 0 Å². The van der Waals surface area contributed by atoms with E-state index in [1.54, 1.807) is 12.1 Å². The molecule has 1 atom stereocenters. The number of hydrogen-bond acceptors (Lipinski definition) is 3. The molecule has 0 bridgehead atoms. The van der Waals surface area contributed by atoms with E-state index in [2.05, 4.69) is 26.6 Å². The zero-order chi connectivity index (χ0) is 10.2. The van der Waals surface area contributed by atoms with Crippen molar-refractivity contribution in [1.82, 2.24) is 10.6 Å². The molecule has 2 heterocycles. The summed E-state index contributed by atoms with van der Waals surface area (Å²) in [7, 11) is 0. The van der Waals surface area contributed by atoms with Crippen LogP contribution >= 0.6 is 15.9 Å². The van der Waals surface area contributed by atoms with Gasteiger partial charge in [-0.1, -0.05) is 0 Å². The lowest BCUT2D eigenvalue weighted by atomic mass is 9.96. The van der Waals surface area contributed by atoms with E-state index < -0.39 is 5.54 Å². The number of furan rings is 1. The Morgan fingerprint density at radius 2 is 2.29 bits per heavy atom. The van der Waals surface area contributed by atoms with E-state index in [4.69, 9.17) is 4.42 Å². The van der Waals surface area contributed by atoms with Crippen LogP contribution in [0.3, 0.4) is 0 Å². The SMILES string of the molecule is CC1(c2ccc(Br)o2)NCCNC1=O. The third-order valence-corrected chi connectivity index (χ3v) is 2.84. The first-order valence-electron chi connectivity index (χ1n) is 4.42. The van der Waals surface area contributed by atoms with E-state index in [9.17, 15) is 4.79 Å². The Bertz CT molecular complexity index is 363. The van der Waals surface area contributed by atoms with Gasteiger partial charge in [-0.2, -0.15) is 0 Å². The second kappa shape index (κ2) is 3.40. The number of halogens is 1. The minimum atomic E-state index is -0.746. The monoisotopic (exact) mass is 258 g/mol. The zero-order valence-electron chi connectivity index (χ0n) is 7.76. The number of piperazine rings is 1. The first-order valence-corrected chi connectivity index (χ1v) is 5.21. The summed E-state index contributed by atoms with van der Waals surface area (Å²) in [5, 5.41) is 5.95. The minimum absolute atomic E-state index is 0.0504. The fraction of sp³-hybridized carbons (Fsp3) is 0.444. The van der Waals surface area contributed by atoms with Crippen molar-refractivity contribution in [1.29, 1.82) is 0 Å². The summed E-state index contributed by atoms with van der Waals surface area (Å²) in [6.07, 6.45) is 0. The van der Waals surface area contributed by atoms with E-state index in [-0.39, 0.29) is 5.91 Å². The smallest absolute Gasteiger partial charge is 0.247 e. The Balaban J connectivity index is 2.34. The maximum Gasteiger partial charge on any atom is 0.247 e. The average Bonchev–Trinajstić information content (AvgIpc) is 2.58. The van der Waals surface area contributed by atoms with Gasteiger partial charge in [0.15, 0.2) is 10.2 Å². The molecule has 1 amide bonds. The summed E-state index contributed by atoms with van der Waals surface area (Å²) in [4.78, 5) is 11.7. The lowest BCUT2D eigenvalue weighted by Gasteiger charge is -2.31. The number of carbonyl (C=O) groups excluding carboxylic acids is 1. The zero-order valence-corrected chi connectivity index (χ0v) is 9.35. The molecule has 0 spiro atoms. The molecule has 1 aromatic rings. The molecule has 1 unspecified atom stereocenters. The molecule has 4 nitrogen and oxygen atoms in total. The summed E-state index contributed by atoms with van der Waals surface area (Å²) in [6, 6.07) is 3.58. The molecule has 0 saturated carbocycles. The van der Waals surface area contributed by atoms with Crippen molar-refractivity contribution >= 4 is 21.8 Å². The van der Waals surface area contributed by atoms with Gasteiger partial charge < -0.3 is 9.73 Å². The van der Waals surface area contributed by atoms with Crippen LogP contribution in [0.1, 0.15) is 12.7 Å². The van der Waals surface area contributed by atoms with Crippen molar-refractivity contribution in [2.24, 2.45) is 0 Å². The average molecular weight is 259 g/mol. The van der Waals surface area contributed by atoms with E-state index >= 15 is 0 Å². The van der Waals surface area contributed by atoms with Gasteiger partial charge in [-0.15, -0.1) is 0 Å². The van der Waals surface area contributed by atoms with Crippen LogP contribution in [0.25, 0.3) is 0 Å². The maximum absolute atomic E-state index is 11.7. The van der Waals surface area contributed by atoms with Crippen LogP contribution in [0.4, 0.5) is 0 Å². The molecular weight excluding hydrogens is 248 g/mol. The minimum Gasteiger partial charge on any atom is -0.452 e. The number of hydrogen-bond donors (Lipinski definition) is 2. The van der Waals surface area contributed by atoms with Gasteiger partial charge >= 0.3 is 0 Å². The summed E-state index contributed by atoms with van der Waals surface area (Å²) in [5.41, 5.74) is -0.746. The van der Waals surface area contributed by atoms with E-state index in [1.165, 1.54) is 0 Å². The largest absolute Gasteiger partial charge is 0.452 e. The van der Waals surface area contributed by atoms with Crippen molar-refractivity contribution in [2.75, 3.05) is 13.1 Å². The fourth-order valence-corrected chi connectivity index (χ4v) is 1.83. The molecule has 14 heavy (non-hydrogen) atoms. The molecule has 0 aromatic carbocycles. The van der Waals surface area contributed by atoms with Gasteiger partial charge in [0.05, 0.1) is 0 Å². The molecule has 1 aromatic heterocycles. The Labute approximate surface area is 90.2 Å². The van der Waals surface area contributed by atoms with Gasteiger partial charge in [0.1, 0.15) is 5.76 Å². The van der Waals surface area contributed by atoms with E-state index in [0.717, 1.165) is 6.54 Å².